The maximum Gasteiger partial charge on any atom is 0.266 e. The summed E-state index contributed by atoms with van der Waals surface area (Å²) in [7, 11) is 0. The summed E-state index contributed by atoms with van der Waals surface area (Å²) >= 11 is 7.18. The summed E-state index contributed by atoms with van der Waals surface area (Å²) in [4.78, 5) is 20.7. The van der Waals surface area contributed by atoms with Crippen molar-refractivity contribution < 1.29 is 9.53 Å². The summed E-state index contributed by atoms with van der Waals surface area (Å²) in [5, 5.41) is 5.77. The lowest BCUT2D eigenvalue weighted by atomic mass is 10.2. The fourth-order valence-corrected chi connectivity index (χ4v) is 2.80. The average Bonchev–Trinajstić information content (AvgIpc) is 3.06. The minimum absolute atomic E-state index is 0.267. The lowest BCUT2D eigenvalue weighted by Crippen LogP contribution is -2.30. The monoisotopic (exact) mass is 359 g/mol. The Labute approximate surface area is 148 Å². The Morgan fingerprint density at radius 1 is 1.29 bits per heavy atom. The standard InChI is InChI=1S/C17H14ClN3O2S/c1-11(23-14-6-4-13(18)5-7-14)16(22)21-17-20-15(10-24-17)12-3-2-8-19-9-12/h2-11H,1H3,(H,20,21,22)/t11-/m0/s1. The molecule has 2 aromatic heterocycles. The Morgan fingerprint density at radius 2 is 2.08 bits per heavy atom. The van der Waals surface area contributed by atoms with Crippen LogP contribution in [0.3, 0.4) is 0 Å². The van der Waals surface area contributed by atoms with E-state index < -0.39 is 6.10 Å². The van der Waals surface area contributed by atoms with Gasteiger partial charge in [0.1, 0.15) is 5.75 Å². The highest BCUT2D eigenvalue weighted by molar-refractivity contribution is 7.14. The van der Waals surface area contributed by atoms with Crippen molar-refractivity contribution in [2.45, 2.75) is 13.0 Å². The number of ether oxygens (including phenoxy) is 1. The molecule has 0 saturated heterocycles. The van der Waals surface area contributed by atoms with Crippen LogP contribution in [-0.2, 0) is 4.79 Å². The van der Waals surface area contributed by atoms with Crippen LogP contribution in [0.15, 0.2) is 54.2 Å². The van der Waals surface area contributed by atoms with Crippen LogP contribution in [-0.4, -0.2) is 22.0 Å². The van der Waals surface area contributed by atoms with Crippen LogP contribution in [0.25, 0.3) is 11.3 Å². The van der Waals surface area contributed by atoms with Crippen molar-refractivity contribution in [2.75, 3.05) is 5.32 Å². The molecule has 24 heavy (non-hydrogen) atoms. The Balaban J connectivity index is 1.62. The molecular weight excluding hydrogens is 346 g/mol. The fraction of sp³-hybridized carbons (Fsp3) is 0.118. The van der Waals surface area contributed by atoms with Gasteiger partial charge in [0.05, 0.1) is 5.69 Å². The summed E-state index contributed by atoms with van der Waals surface area (Å²) in [5.74, 6) is 0.314. The Hall–Kier alpha value is -2.44. The molecule has 0 aliphatic heterocycles. The van der Waals surface area contributed by atoms with Crippen molar-refractivity contribution >= 4 is 34.0 Å². The maximum absolute atomic E-state index is 12.2. The molecule has 0 aliphatic carbocycles. The van der Waals surface area contributed by atoms with Crippen LogP contribution < -0.4 is 10.1 Å². The molecule has 1 aromatic carbocycles. The number of pyridine rings is 1. The zero-order valence-corrected chi connectivity index (χ0v) is 14.3. The van der Waals surface area contributed by atoms with E-state index >= 15 is 0 Å². The van der Waals surface area contributed by atoms with Gasteiger partial charge >= 0.3 is 0 Å². The highest BCUT2D eigenvalue weighted by Crippen LogP contribution is 2.24. The second kappa shape index (κ2) is 7.42. The summed E-state index contributed by atoms with van der Waals surface area (Å²) in [5.41, 5.74) is 1.68. The number of carbonyl (C=O) groups is 1. The van der Waals surface area contributed by atoms with E-state index in [-0.39, 0.29) is 5.91 Å². The van der Waals surface area contributed by atoms with Gasteiger partial charge in [-0.1, -0.05) is 11.6 Å². The lowest BCUT2D eigenvalue weighted by molar-refractivity contribution is -0.122. The number of thiazole rings is 1. The first-order valence-corrected chi connectivity index (χ1v) is 8.46. The number of nitrogens with one attached hydrogen (secondary N) is 1. The molecule has 1 amide bonds. The van der Waals surface area contributed by atoms with E-state index in [4.69, 9.17) is 16.3 Å². The molecule has 1 atom stereocenters. The number of amides is 1. The van der Waals surface area contributed by atoms with Gasteiger partial charge < -0.3 is 4.74 Å². The number of hydrogen-bond acceptors (Lipinski definition) is 5. The third-order valence-electron chi connectivity index (χ3n) is 3.19. The first-order valence-electron chi connectivity index (χ1n) is 7.21. The molecule has 0 bridgehead atoms. The predicted octanol–water partition coefficient (Wildman–Crippen LogP) is 4.26. The van der Waals surface area contributed by atoms with Crippen molar-refractivity contribution in [3.05, 3.63) is 59.2 Å². The summed E-state index contributed by atoms with van der Waals surface area (Å²) in [6.07, 6.45) is 2.78. The second-order valence-corrected chi connectivity index (χ2v) is 6.28. The van der Waals surface area contributed by atoms with Crippen LogP contribution in [0.1, 0.15) is 6.92 Å². The first-order chi connectivity index (χ1) is 11.6. The van der Waals surface area contributed by atoms with Crippen molar-refractivity contribution in [3.8, 4) is 17.0 Å². The lowest BCUT2D eigenvalue weighted by Gasteiger charge is -2.13. The van der Waals surface area contributed by atoms with Gasteiger partial charge in [0.15, 0.2) is 11.2 Å². The van der Waals surface area contributed by atoms with Crippen LogP contribution in [0.4, 0.5) is 5.13 Å². The van der Waals surface area contributed by atoms with Crippen molar-refractivity contribution in [3.63, 3.8) is 0 Å². The van der Waals surface area contributed by atoms with Crippen molar-refractivity contribution in [1.29, 1.82) is 0 Å². The normalized spacial score (nSPS) is 11.8. The van der Waals surface area contributed by atoms with E-state index in [1.807, 2.05) is 17.5 Å². The number of aromatic nitrogens is 2. The van der Waals surface area contributed by atoms with Crippen LogP contribution in [0, 0.1) is 0 Å². The number of rotatable bonds is 5. The van der Waals surface area contributed by atoms with E-state index in [0.717, 1.165) is 11.3 Å². The number of nitrogens with zero attached hydrogens (tertiary/aromatic N) is 2. The van der Waals surface area contributed by atoms with Crippen LogP contribution >= 0.6 is 22.9 Å². The van der Waals surface area contributed by atoms with Gasteiger partial charge in [0.2, 0.25) is 0 Å². The maximum atomic E-state index is 12.2. The summed E-state index contributed by atoms with van der Waals surface area (Å²) in [6.45, 7) is 1.68. The fourth-order valence-electron chi connectivity index (χ4n) is 1.96. The molecule has 0 aliphatic rings. The number of benzene rings is 1. The molecule has 1 N–H and O–H groups in total. The molecular formula is C17H14ClN3O2S. The third-order valence-corrected chi connectivity index (χ3v) is 4.20. The van der Waals surface area contributed by atoms with Crippen molar-refractivity contribution in [2.24, 2.45) is 0 Å². The smallest absolute Gasteiger partial charge is 0.266 e. The van der Waals surface area contributed by atoms with Gasteiger partial charge in [0.25, 0.3) is 5.91 Å². The van der Waals surface area contributed by atoms with E-state index in [0.29, 0.717) is 15.9 Å². The molecule has 0 fully saturated rings. The SMILES string of the molecule is C[C@H](Oc1ccc(Cl)cc1)C(=O)Nc1nc(-c2cccnc2)cs1. The molecule has 3 aromatic rings. The Morgan fingerprint density at radius 3 is 2.79 bits per heavy atom. The Kier molecular flexibility index (Phi) is 5.08. The largest absolute Gasteiger partial charge is 0.481 e. The van der Waals surface area contributed by atoms with E-state index in [1.165, 1.54) is 11.3 Å². The molecule has 3 rings (SSSR count). The molecule has 5 nitrogen and oxygen atoms in total. The average molecular weight is 360 g/mol. The molecule has 7 heteroatoms. The van der Waals surface area contributed by atoms with E-state index in [9.17, 15) is 4.79 Å². The molecule has 0 saturated carbocycles. The summed E-state index contributed by atoms with van der Waals surface area (Å²) in [6, 6.07) is 10.6. The van der Waals surface area contributed by atoms with Gasteiger partial charge in [-0.05, 0) is 43.3 Å². The minimum atomic E-state index is -0.656. The predicted molar refractivity (Wildman–Crippen MR) is 95.5 cm³/mol. The van der Waals surface area contributed by atoms with Gasteiger partial charge in [0, 0.05) is 28.4 Å². The molecule has 0 spiro atoms. The van der Waals surface area contributed by atoms with E-state index in [1.54, 1.807) is 43.6 Å². The molecule has 122 valence electrons. The van der Waals surface area contributed by atoms with Crippen molar-refractivity contribution in [1.82, 2.24) is 9.97 Å². The van der Waals surface area contributed by atoms with E-state index in [2.05, 4.69) is 15.3 Å². The van der Waals surface area contributed by atoms with Gasteiger partial charge in [-0.25, -0.2) is 4.98 Å². The Bertz CT molecular complexity index is 821. The third kappa shape index (κ3) is 4.10. The first kappa shape index (κ1) is 16.4. The van der Waals surface area contributed by atoms with Gasteiger partial charge in [-0.2, -0.15) is 0 Å². The minimum Gasteiger partial charge on any atom is -0.481 e. The number of halogens is 1. The topological polar surface area (TPSA) is 64.1 Å². The molecule has 0 unspecified atom stereocenters. The van der Waals surface area contributed by atoms with Gasteiger partial charge in [-0.3, -0.25) is 15.1 Å². The highest BCUT2D eigenvalue weighted by atomic mass is 35.5. The second-order valence-electron chi connectivity index (χ2n) is 4.98. The zero-order valence-electron chi connectivity index (χ0n) is 12.8. The number of hydrogen-bond donors (Lipinski definition) is 1. The number of carbonyl (C=O) groups excluding carboxylic acids is 1. The van der Waals surface area contributed by atoms with Crippen LogP contribution in [0.2, 0.25) is 5.02 Å². The number of anilines is 1. The highest BCUT2D eigenvalue weighted by Gasteiger charge is 2.16. The van der Waals surface area contributed by atoms with Gasteiger partial charge in [-0.15, -0.1) is 11.3 Å². The summed E-state index contributed by atoms with van der Waals surface area (Å²) < 4.78 is 5.59. The zero-order chi connectivity index (χ0) is 16.9. The quantitative estimate of drug-likeness (QED) is 0.739. The van der Waals surface area contributed by atoms with Crippen LogP contribution in [0.5, 0.6) is 5.75 Å². The molecule has 2 heterocycles. The molecule has 0 radical (unpaired) electrons.